The fourth-order valence-corrected chi connectivity index (χ4v) is 0.705. The van der Waals surface area contributed by atoms with Crippen LogP contribution in [-0.4, -0.2) is 18.5 Å². The largest absolute Gasteiger partial charge is 0.358 e. The van der Waals surface area contributed by atoms with Gasteiger partial charge in [0.25, 0.3) is 0 Å². The van der Waals surface area contributed by atoms with E-state index in [1.54, 1.807) is 0 Å². The molecule has 1 atom stereocenters. The average molecular weight is 124 g/mol. The second kappa shape index (κ2) is 2.65. The molecule has 0 bridgehead atoms. The summed E-state index contributed by atoms with van der Waals surface area (Å²) in [6, 6.07) is 0. The lowest BCUT2D eigenvalue weighted by Crippen LogP contribution is -2.34. The molecule has 2 nitrogen and oxygen atoms in total. The lowest BCUT2D eigenvalue weighted by Gasteiger charge is -2.22. The first-order valence-electron chi connectivity index (χ1n) is 2.92. The Kier molecular flexibility index (Phi) is 1.86. The van der Waals surface area contributed by atoms with Crippen molar-refractivity contribution in [2.45, 2.75) is 18.9 Å². The third kappa shape index (κ3) is 1.30. The zero-order valence-electron chi connectivity index (χ0n) is 5.09. The van der Waals surface area contributed by atoms with Crippen LogP contribution in [0.15, 0.2) is 0 Å². The van der Waals surface area contributed by atoms with E-state index in [-0.39, 0.29) is 18.5 Å². The van der Waals surface area contributed by atoms with Gasteiger partial charge in [-0.1, -0.05) is 5.92 Å². The predicted octanol–water partition coefficient (Wildman–Crippen LogP) is 0.368. The smallest absolute Gasteiger partial charge is 0.161 e. The second-order valence-corrected chi connectivity index (χ2v) is 2.01. The molecule has 0 N–H and O–H groups in total. The molecule has 0 aromatic rings. The number of ketones is 1. The zero-order valence-corrected chi connectivity index (χ0v) is 5.09. The summed E-state index contributed by atoms with van der Waals surface area (Å²) in [4.78, 5) is 10.5. The van der Waals surface area contributed by atoms with E-state index >= 15 is 0 Å². The number of ether oxygens (including phenoxy) is 1. The summed E-state index contributed by atoms with van der Waals surface area (Å²) in [5.74, 6) is 2.50. The van der Waals surface area contributed by atoms with Gasteiger partial charge in [-0.3, -0.25) is 4.79 Å². The Morgan fingerprint density at radius 2 is 2.67 bits per heavy atom. The Morgan fingerprint density at radius 1 is 1.89 bits per heavy atom. The Morgan fingerprint density at radius 3 is 3.00 bits per heavy atom. The van der Waals surface area contributed by atoms with Crippen LogP contribution in [0.5, 0.6) is 0 Å². The van der Waals surface area contributed by atoms with Crippen molar-refractivity contribution >= 4 is 5.78 Å². The maximum atomic E-state index is 10.5. The van der Waals surface area contributed by atoms with Crippen molar-refractivity contribution in [3.8, 4) is 12.3 Å². The molecule has 1 rings (SSSR count). The van der Waals surface area contributed by atoms with Crippen molar-refractivity contribution in [1.82, 2.24) is 0 Å². The van der Waals surface area contributed by atoms with E-state index < -0.39 is 0 Å². The molecule has 0 amide bonds. The summed E-state index contributed by atoms with van der Waals surface area (Å²) < 4.78 is 4.95. The van der Waals surface area contributed by atoms with E-state index in [0.717, 1.165) is 6.42 Å². The number of Topliss-reactive ketones (excluding diaryl/α,β-unsaturated/α-hetero) is 1. The lowest BCUT2D eigenvalue weighted by atomic mass is 9.94. The normalized spacial score (nSPS) is 24.8. The minimum atomic E-state index is -0.180. The van der Waals surface area contributed by atoms with E-state index in [1.165, 1.54) is 0 Å². The van der Waals surface area contributed by atoms with Gasteiger partial charge in [0.05, 0.1) is 0 Å². The van der Waals surface area contributed by atoms with Gasteiger partial charge < -0.3 is 4.74 Å². The first-order valence-corrected chi connectivity index (χ1v) is 2.92. The fourth-order valence-electron chi connectivity index (χ4n) is 0.705. The molecule has 0 aromatic heterocycles. The molecule has 0 aliphatic heterocycles. The highest BCUT2D eigenvalue weighted by atomic mass is 16.5. The van der Waals surface area contributed by atoms with Crippen molar-refractivity contribution in [1.29, 1.82) is 0 Å². The summed E-state index contributed by atoms with van der Waals surface area (Å²) in [6.07, 6.45) is 6.24. The molecule has 2 heteroatoms. The molecule has 0 aromatic carbocycles. The van der Waals surface area contributed by atoms with Crippen LogP contribution in [-0.2, 0) is 9.53 Å². The molecule has 1 aliphatic carbocycles. The minimum absolute atomic E-state index is 0.180. The van der Waals surface area contributed by atoms with Crippen LogP contribution < -0.4 is 0 Å². The molecule has 48 valence electrons. The molecule has 0 heterocycles. The van der Waals surface area contributed by atoms with E-state index in [0.29, 0.717) is 6.42 Å². The van der Waals surface area contributed by atoms with E-state index in [1.807, 2.05) is 0 Å². The summed E-state index contributed by atoms with van der Waals surface area (Å²) in [6.45, 7) is 0.260. The number of hydrogen-bond donors (Lipinski definition) is 0. The third-order valence-electron chi connectivity index (χ3n) is 1.38. The molecule has 0 spiro atoms. The van der Waals surface area contributed by atoms with E-state index in [2.05, 4.69) is 5.92 Å². The summed E-state index contributed by atoms with van der Waals surface area (Å²) in [5, 5.41) is 0. The van der Waals surface area contributed by atoms with Gasteiger partial charge in [-0.05, 0) is 6.42 Å². The molecule has 1 fully saturated rings. The first kappa shape index (κ1) is 6.31. The third-order valence-corrected chi connectivity index (χ3v) is 1.38. The van der Waals surface area contributed by atoms with Crippen LogP contribution in [0.2, 0.25) is 0 Å². The quantitative estimate of drug-likeness (QED) is 0.497. The average Bonchev–Trinajstić information content (AvgIpc) is 1.86. The SMILES string of the molecule is C#CCOC1CCC1=O. The van der Waals surface area contributed by atoms with Crippen LogP contribution in [0.1, 0.15) is 12.8 Å². The molecule has 0 radical (unpaired) electrons. The van der Waals surface area contributed by atoms with Crippen LogP contribution in [0.4, 0.5) is 0 Å². The molecular weight excluding hydrogens is 116 g/mol. The molecule has 1 unspecified atom stereocenters. The Hall–Kier alpha value is -0.810. The van der Waals surface area contributed by atoms with Gasteiger partial charge in [0.2, 0.25) is 0 Å². The summed E-state index contributed by atoms with van der Waals surface area (Å²) in [5.41, 5.74) is 0. The Labute approximate surface area is 54.2 Å². The Bertz CT molecular complexity index is 155. The summed E-state index contributed by atoms with van der Waals surface area (Å²) in [7, 11) is 0. The molecule has 9 heavy (non-hydrogen) atoms. The first-order chi connectivity index (χ1) is 4.34. The monoisotopic (exact) mass is 124 g/mol. The molecular formula is C7H8O2. The van der Waals surface area contributed by atoms with Gasteiger partial charge in [0.1, 0.15) is 12.7 Å². The number of hydrogen-bond acceptors (Lipinski definition) is 2. The molecule has 1 saturated carbocycles. The minimum Gasteiger partial charge on any atom is -0.358 e. The van der Waals surface area contributed by atoms with Gasteiger partial charge in [0.15, 0.2) is 5.78 Å². The van der Waals surface area contributed by atoms with Crippen molar-refractivity contribution in [2.75, 3.05) is 6.61 Å². The van der Waals surface area contributed by atoms with Crippen LogP contribution >= 0.6 is 0 Å². The highest BCUT2D eigenvalue weighted by Gasteiger charge is 2.28. The topological polar surface area (TPSA) is 26.3 Å². The maximum Gasteiger partial charge on any atom is 0.161 e. The second-order valence-electron chi connectivity index (χ2n) is 2.01. The number of carbonyl (C=O) groups is 1. The van der Waals surface area contributed by atoms with Crippen molar-refractivity contribution < 1.29 is 9.53 Å². The predicted molar refractivity (Wildman–Crippen MR) is 32.8 cm³/mol. The molecule has 1 aliphatic rings. The Balaban J connectivity index is 2.15. The van der Waals surface area contributed by atoms with Crippen LogP contribution in [0.3, 0.4) is 0 Å². The maximum absolute atomic E-state index is 10.5. The summed E-state index contributed by atoms with van der Waals surface area (Å²) >= 11 is 0. The fraction of sp³-hybridized carbons (Fsp3) is 0.571. The van der Waals surface area contributed by atoms with Gasteiger partial charge in [-0.2, -0.15) is 0 Å². The van der Waals surface area contributed by atoms with Crippen LogP contribution in [0, 0.1) is 12.3 Å². The number of carbonyl (C=O) groups excluding carboxylic acids is 1. The lowest BCUT2D eigenvalue weighted by molar-refractivity contribution is -0.138. The van der Waals surface area contributed by atoms with Crippen molar-refractivity contribution in [2.24, 2.45) is 0 Å². The van der Waals surface area contributed by atoms with Crippen molar-refractivity contribution in [3.63, 3.8) is 0 Å². The number of terminal acetylenes is 1. The zero-order chi connectivity index (χ0) is 6.69. The standard InChI is InChI=1S/C7H8O2/c1-2-5-9-7-4-3-6(7)8/h1,7H,3-5H2. The van der Waals surface area contributed by atoms with Gasteiger partial charge in [-0.15, -0.1) is 6.42 Å². The highest BCUT2D eigenvalue weighted by Crippen LogP contribution is 2.17. The van der Waals surface area contributed by atoms with Gasteiger partial charge in [-0.25, -0.2) is 0 Å². The van der Waals surface area contributed by atoms with E-state index in [9.17, 15) is 4.79 Å². The van der Waals surface area contributed by atoms with Crippen molar-refractivity contribution in [3.05, 3.63) is 0 Å². The van der Waals surface area contributed by atoms with Gasteiger partial charge in [0, 0.05) is 6.42 Å². The van der Waals surface area contributed by atoms with Gasteiger partial charge >= 0.3 is 0 Å². The van der Waals surface area contributed by atoms with Crippen LogP contribution in [0.25, 0.3) is 0 Å². The molecule has 0 saturated heterocycles. The number of rotatable bonds is 2. The van der Waals surface area contributed by atoms with E-state index in [4.69, 9.17) is 11.2 Å². The highest BCUT2D eigenvalue weighted by molar-refractivity contribution is 5.88.